The number of fused-ring (bicyclic) bond motifs is 4. The van der Waals surface area contributed by atoms with E-state index in [2.05, 4.69) is 10.1 Å². The largest absolute Gasteiger partial charge is 0.324 e. The summed E-state index contributed by atoms with van der Waals surface area (Å²) < 4.78 is 31.4. The third-order valence-corrected chi connectivity index (χ3v) is 7.23. The lowest BCUT2D eigenvalue weighted by molar-refractivity contribution is 0.0379. The van der Waals surface area contributed by atoms with E-state index in [1.807, 2.05) is 42.2 Å². The summed E-state index contributed by atoms with van der Waals surface area (Å²) in [4.78, 5) is 20.3. The van der Waals surface area contributed by atoms with Crippen molar-refractivity contribution in [3.05, 3.63) is 83.1 Å². The number of hydrogen-bond donors (Lipinski definition) is 0. The number of carbonyl (C=O) groups is 1. The maximum atomic E-state index is 14.0. The fourth-order valence-corrected chi connectivity index (χ4v) is 5.76. The van der Waals surface area contributed by atoms with Crippen LogP contribution in [-0.2, 0) is 19.9 Å². The number of carbonyl (C=O) groups excluding carboxylic acids is 1. The van der Waals surface area contributed by atoms with Crippen LogP contribution in [0.5, 0.6) is 0 Å². The van der Waals surface area contributed by atoms with Crippen LogP contribution < -0.4 is 0 Å². The minimum atomic E-state index is -0.625. The lowest BCUT2D eigenvalue weighted by atomic mass is 9.81. The molecule has 2 aliphatic rings. The van der Waals surface area contributed by atoms with E-state index < -0.39 is 11.6 Å². The van der Waals surface area contributed by atoms with Gasteiger partial charge in [-0.1, -0.05) is 25.1 Å². The molecule has 1 amide bonds. The highest BCUT2D eigenvalue weighted by Crippen LogP contribution is 2.45. The van der Waals surface area contributed by atoms with Gasteiger partial charge in [0.15, 0.2) is 0 Å². The summed E-state index contributed by atoms with van der Waals surface area (Å²) >= 11 is 0. The molecule has 9 heteroatoms. The number of benzene rings is 2. The van der Waals surface area contributed by atoms with E-state index in [0.717, 1.165) is 48.1 Å². The molecule has 4 heterocycles. The van der Waals surface area contributed by atoms with Crippen LogP contribution in [0, 0.1) is 11.6 Å². The Kier molecular flexibility index (Phi) is 5.43. The number of aryl methyl sites for hydroxylation is 2. The second-order valence-electron chi connectivity index (χ2n) is 9.46. The molecular formula is C27H26F2N6O. The second kappa shape index (κ2) is 8.65. The number of amides is 1. The van der Waals surface area contributed by atoms with Gasteiger partial charge in [-0.3, -0.25) is 9.48 Å². The molecule has 184 valence electrons. The van der Waals surface area contributed by atoms with E-state index in [9.17, 15) is 13.6 Å². The van der Waals surface area contributed by atoms with Gasteiger partial charge in [-0.25, -0.2) is 18.4 Å². The van der Waals surface area contributed by atoms with Crippen molar-refractivity contribution in [1.29, 1.82) is 0 Å². The Labute approximate surface area is 207 Å². The lowest BCUT2D eigenvalue weighted by Crippen LogP contribution is -2.50. The van der Waals surface area contributed by atoms with Crippen LogP contribution in [0.4, 0.5) is 8.78 Å². The van der Waals surface area contributed by atoms with Gasteiger partial charge in [0, 0.05) is 36.7 Å². The van der Waals surface area contributed by atoms with Crippen molar-refractivity contribution in [2.24, 2.45) is 7.05 Å². The molecule has 2 aliphatic heterocycles. The predicted octanol–water partition coefficient (Wildman–Crippen LogP) is 4.80. The van der Waals surface area contributed by atoms with Crippen molar-refractivity contribution in [2.45, 2.75) is 51.1 Å². The Morgan fingerprint density at radius 3 is 2.53 bits per heavy atom. The zero-order chi connectivity index (χ0) is 25.0. The average Bonchev–Trinajstić information content (AvgIpc) is 3.44. The number of para-hydroxylation sites is 1. The molecule has 1 fully saturated rings. The Balaban J connectivity index is 1.39. The number of nitrogens with zero attached hydrogens (tertiary/aromatic N) is 6. The molecule has 0 unspecified atom stereocenters. The van der Waals surface area contributed by atoms with Crippen LogP contribution in [0.2, 0.25) is 0 Å². The predicted molar refractivity (Wildman–Crippen MR) is 130 cm³/mol. The van der Waals surface area contributed by atoms with Gasteiger partial charge in [0.25, 0.3) is 5.91 Å². The minimum Gasteiger partial charge on any atom is -0.324 e. The van der Waals surface area contributed by atoms with Crippen LogP contribution in [-0.4, -0.2) is 41.4 Å². The first-order valence-electron chi connectivity index (χ1n) is 12.3. The lowest BCUT2D eigenvalue weighted by Gasteiger charge is -2.44. The molecule has 0 aliphatic carbocycles. The summed E-state index contributed by atoms with van der Waals surface area (Å²) in [5.74, 6) is -0.553. The summed E-state index contributed by atoms with van der Waals surface area (Å²) in [6.07, 6.45) is 3.79. The van der Waals surface area contributed by atoms with Gasteiger partial charge < -0.3 is 4.90 Å². The minimum absolute atomic E-state index is 0.0566. The van der Waals surface area contributed by atoms with E-state index in [-0.39, 0.29) is 23.8 Å². The molecule has 0 saturated carbocycles. The van der Waals surface area contributed by atoms with Gasteiger partial charge in [-0.15, -0.1) is 5.10 Å². The molecule has 2 atom stereocenters. The number of rotatable bonds is 4. The Morgan fingerprint density at radius 1 is 1.06 bits per heavy atom. The van der Waals surface area contributed by atoms with Crippen molar-refractivity contribution in [3.63, 3.8) is 0 Å². The third-order valence-electron chi connectivity index (χ3n) is 7.23. The first-order chi connectivity index (χ1) is 17.4. The molecule has 36 heavy (non-hydrogen) atoms. The molecule has 0 N–H and O–H groups in total. The van der Waals surface area contributed by atoms with Crippen LogP contribution in [0.15, 0.2) is 48.5 Å². The van der Waals surface area contributed by atoms with Crippen molar-refractivity contribution >= 4 is 5.91 Å². The monoisotopic (exact) mass is 488 g/mol. The quantitative estimate of drug-likeness (QED) is 0.414. The van der Waals surface area contributed by atoms with Crippen molar-refractivity contribution in [1.82, 2.24) is 29.4 Å². The average molecular weight is 489 g/mol. The van der Waals surface area contributed by atoms with Gasteiger partial charge in [0.2, 0.25) is 5.82 Å². The molecule has 1 saturated heterocycles. The van der Waals surface area contributed by atoms with Crippen molar-refractivity contribution in [3.8, 4) is 16.9 Å². The van der Waals surface area contributed by atoms with Crippen molar-refractivity contribution in [2.75, 3.05) is 0 Å². The second-order valence-corrected chi connectivity index (χ2v) is 9.46. The Hall–Kier alpha value is -3.88. The third kappa shape index (κ3) is 3.61. The summed E-state index contributed by atoms with van der Waals surface area (Å²) in [7, 11) is 1.78. The zero-order valence-corrected chi connectivity index (χ0v) is 20.2. The molecule has 0 radical (unpaired) electrons. The highest BCUT2D eigenvalue weighted by Gasteiger charge is 2.44. The fraction of sp³-hybridized carbons (Fsp3) is 0.333. The number of halogens is 2. The molecule has 6 rings (SSSR count). The maximum Gasteiger partial charge on any atom is 0.294 e. The molecule has 2 aromatic carbocycles. The van der Waals surface area contributed by atoms with Crippen LogP contribution in [0.3, 0.4) is 0 Å². The van der Waals surface area contributed by atoms with Crippen molar-refractivity contribution < 1.29 is 13.6 Å². The molecule has 4 aromatic rings. The smallest absolute Gasteiger partial charge is 0.294 e. The van der Waals surface area contributed by atoms with E-state index >= 15 is 0 Å². The number of piperidine rings is 1. The topological polar surface area (TPSA) is 68.8 Å². The molecular weight excluding hydrogens is 462 g/mol. The molecule has 0 spiro atoms. The molecule has 2 bridgehead atoms. The summed E-state index contributed by atoms with van der Waals surface area (Å²) in [5, 5.41) is 9.36. The van der Waals surface area contributed by atoms with Gasteiger partial charge in [0.05, 0.1) is 23.1 Å². The highest BCUT2D eigenvalue weighted by molar-refractivity contribution is 5.91. The van der Waals surface area contributed by atoms with Crippen LogP contribution in [0.25, 0.3) is 16.9 Å². The van der Waals surface area contributed by atoms with Crippen LogP contribution in [0.1, 0.15) is 59.9 Å². The van der Waals surface area contributed by atoms with E-state index in [1.165, 1.54) is 12.1 Å². The van der Waals surface area contributed by atoms with E-state index in [1.54, 1.807) is 16.4 Å². The fourth-order valence-electron chi connectivity index (χ4n) is 5.76. The highest BCUT2D eigenvalue weighted by atomic mass is 19.1. The Morgan fingerprint density at radius 2 is 1.81 bits per heavy atom. The maximum absolute atomic E-state index is 14.0. The SMILES string of the molecule is CCc1nc(C(=O)N2[C@@H]3CCC[C@H]2c2nn(C)c(-c4cc(F)cc(F)c4)c2C3)nn1-c1ccccc1. The van der Waals surface area contributed by atoms with E-state index in [4.69, 9.17) is 5.10 Å². The molecule has 2 aromatic heterocycles. The van der Waals surface area contributed by atoms with Gasteiger partial charge in [0.1, 0.15) is 17.5 Å². The van der Waals surface area contributed by atoms with Gasteiger partial charge in [-0.2, -0.15) is 5.10 Å². The summed E-state index contributed by atoms with van der Waals surface area (Å²) in [6.45, 7) is 1.99. The van der Waals surface area contributed by atoms with Gasteiger partial charge >= 0.3 is 0 Å². The normalized spacial score (nSPS) is 18.8. The first-order valence-corrected chi connectivity index (χ1v) is 12.3. The van der Waals surface area contributed by atoms with Crippen LogP contribution >= 0.6 is 0 Å². The number of hydrogen-bond acceptors (Lipinski definition) is 4. The zero-order valence-electron chi connectivity index (χ0n) is 20.2. The molecule has 7 nitrogen and oxygen atoms in total. The number of aromatic nitrogens is 5. The summed E-state index contributed by atoms with van der Waals surface area (Å²) in [6, 6.07) is 12.9. The van der Waals surface area contributed by atoms with E-state index in [0.29, 0.717) is 24.1 Å². The standard InChI is InChI=1S/C27H26F2N6O/c1-3-23-30-26(32-35(23)19-8-5-4-6-9-19)27(36)34-20-10-7-11-22(34)24-21(15-20)25(33(2)31-24)16-12-17(28)14-18(29)13-16/h4-6,8-9,12-14,20,22H,3,7,10-11,15H2,1-2H3/t20-,22+/m1/s1. The van der Waals surface area contributed by atoms with Gasteiger partial charge in [-0.05, 0) is 49.9 Å². The summed E-state index contributed by atoms with van der Waals surface area (Å²) in [5.41, 5.74) is 3.77. The Bertz CT molecular complexity index is 1440. The first kappa shape index (κ1) is 22.6.